The molecule has 1 saturated heterocycles. The zero-order valence-electron chi connectivity index (χ0n) is 5.37. The van der Waals surface area contributed by atoms with E-state index in [1.54, 1.807) is 0 Å². The second-order valence-corrected chi connectivity index (χ2v) is 4.87. The van der Waals surface area contributed by atoms with Crippen LogP contribution in [0.2, 0.25) is 0 Å². The molecule has 0 aromatic heterocycles. The van der Waals surface area contributed by atoms with Gasteiger partial charge in [-0.3, -0.25) is 0 Å². The third-order valence-electron chi connectivity index (χ3n) is 1.69. The Labute approximate surface area is 55.2 Å². The molecule has 2 N–H and O–H groups in total. The average Bonchev–Trinajstić information content (AvgIpc) is 1.79. The van der Waals surface area contributed by atoms with Crippen molar-refractivity contribution in [3.05, 3.63) is 0 Å². The quantitative estimate of drug-likeness (QED) is 0.499. The summed E-state index contributed by atoms with van der Waals surface area (Å²) in [7, 11) is -2.77. The van der Waals surface area contributed by atoms with E-state index in [1.807, 2.05) is 6.92 Å². The van der Waals surface area contributed by atoms with Crippen LogP contribution in [0.5, 0.6) is 0 Å². The molecule has 0 spiro atoms. The molecule has 0 unspecified atom stereocenters. The summed E-state index contributed by atoms with van der Waals surface area (Å²) in [5.74, 6) is 0.595. The van der Waals surface area contributed by atoms with Crippen LogP contribution < -0.4 is 5.73 Å². The lowest BCUT2D eigenvalue weighted by atomic mass is 10.1. The van der Waals surface area contributed by atoms with Gasteiger partial charge < -0.3 is 5.73 Å². The van der Waals surface area contributed by atoms with Gasteiger partial charge in [-0.2, -0.15) is 0 Å². The van der Waals surface area contributed by atoms with Crippen molar-refractivity contribution in [3.8, 4) is 0 Å². The molecule has 4 heteroatoms. The second-order valence-electron chi connectivity index (χ2n) is 2.72. The summed E-state index contributed by atoms with van der Waals surface area (Å²) in [6.07, 6.45) is 0. The van der Waals surface area contributed by atoms with Crippen molar-refractivity contribution in [2.45, 2.75) is 13.0 Å². The van der Waals surface area contributed by atoms with Crippen LogP contribution in [-0.4, -0.2) is 26.0 Å². The first kappa shape index (κ1) is 7.02. The lowest BCUT2D eigenvalue weighted by molar-refractivity contribution is 0.566. The van der Waals surface area contributed by atoms with Gasteiger partial charge in [0, 0.05) is 6.04 Å². The molecule has 0 saturated carbocycles. The van der Waals surface area contributed by atoms with Crippen LogP contribution in [0.25, 0.3) is 0 Å². The summed E-state index contributed by atoms with van der Waals surface area (Å²) < 4.78 is 21.5. The van der Waals surface area contributed by atoms with E-state index in [2.05, 4.69) is 0 Å². The van der Waals surface area contributed by atoms with Gasteiger partial charge in [0.2, 0.25) is 0 Å². The Kier molecular flexibility index (Phi) is 1.52. The minimum atomic E-state index is -2.77. The summed E-state index contributed by atoms with van der Waals surface area (Å²) >= 11 is 0. The average molecular weight is 149 g/mol. The summed E-state index contributed by atoms with van der Waals surface area (Å²) in [6, 6.07) is -0.130. The van der Waals surface area contributed by atoms with E-state index in [1.165, 1.54) is 0 Å². The van der Waals surface area contributed by atoms with Crippen LogP contribution in [0.1, 0.15) is 6.92 Å². The molecule has 1 rings (SSSR count). The number of sulfone groups is 1. The summed E-state index contributed by atoms with van der Waals surface area (Å²) in [4.78, 5) is 0. The summed E-state index contributed by atoms with van der Waals surface area (Å²) in [5.41, 5.74) is 5.47. The normalized spacial score (nSPS) is 41.1. The van der Waals surface area contributed by atoms with E-state index < -0.39 is 9.84 Å². The Morgan fingerprint density at radius 1 is 1.44 bits per heavy atom. The van der Waals surface area contributed by atoms with E-state index in [9.17, 15) is 8.42 Å². The molecule has 9 heavy (non-hydrogen) atoms. The van der Waals surface area contributed by atoms with Gasteiger partial charge in [-0.05, 0) is 5.92 Å². The van der Waals surface area contributed by atoms with Crippen molar-refractivity contribution in [1.29, 1.82) is 0 Å². The van der Waals surface area contributed by atoms with E-state index >= 15 is 0 Å². The predicted octanol–water partition coefficient (Wildman–Crippen LogP) is -0.622. The SMILES string of the molecule is C[C@H]1CS(=O)(=O)C[C@H]1N. The third kappa shape index (κ3) is 1.43. The molecule has 1 heterocycles. The van der Waals surface area contributed by atoms with Gasteiger partial charge >= 0.3 is 0 Å². The third-order valence-corrected chi connectivity index (χ3v) is 3.62. The highest BCUT2D eigenvalue weighted by Crippen LogP contribution is 2.15. The summed E-state index contributed by atoms with van der Waals surface area (Å²) in [5, 5.41) is 0. The minimum Gasteiger partial charge on any atom is -0.327 e. The Hall–Kier alpha value is -0.0900. The van der Waals surface area contributed by atoms with Gasteiger partial charge in [0.15, 0.2) is 9.84 Å². The first-order valence-electron chi connectivity index (χ1n) is 2.97. The number of hydrogen-bond donors (Lipinski definition) is 1. The zero-order chi connectivity index (χ0) is 7.07. The molecule has 1 aliphatic heterocycles. The molecule has 0 amide bonds. The number of rotatable bonds is 0. The van der Waals surface area contributed by atoms with Crippen LogP contribution in [-0.2, 0) is 9.84 Å². The Bertz CT molecular complexity index is 181. The fourth-order valence-corrected chi connectivity index (χ4v) is 3.15. The van der Waals surface area contributed by atoms with Crippen LogP contribution in [0.15, 0.2) is 0 Å². The highest BCUT2D eigenvalue weighted by molar-refractivity contribution is 7.91. The van der Waals surface area contributed by atoms with Crippen molar-refractivity contribution in [3.63, 3.8) is 0 Å². The standard InChI is InChI=1S/C5H11NO2S/c1-4-2-9(7,8)3-5(4)6/h4-5H,2-3,6H2,1H3/t4-,5+/m0/s1. The largest absolute Gasteiger partial charge is 0.327 e. The Morgan fingerprint density at radius 3 is 2.11 bits per heavy atom. The van der Waals surface area contributed by atoms with Gasteiger partial charge in [-0.1, -0.05) is 6.92 Å². The van der Waals surface area contributed by atoms with Crippen molar-refractivity contribution < 1.29 is 8.42 Å². The molecule has 0 aromatic rings. The van der Waals surface area contributed by atoms with Gasteiger partial charge in [-0.25, -0.2) is 8.42 Å². The molecule has 2 atom stereocenters. The predicted molar refractivity (Wildman–Crippen MR) is 35.8 cm³/mol. The molecule has 0 radical (unpaired) electrons. The minimum absolute atomic E-state index is 0.130. The molecule has 54 valence electrons. The molecule has 1 aliphatic rings. The maximum atomic E-state index is 10.8. The van der Waals surface area contributed by atoms with Crippen molar-refractivity contribution in [2.75, 3.05) is 11.5 Å². The molecule has 0 bridgehead atoms. The lowest BCUT2D eigenvalue weighted by Crippen LogP contribution is -2.26. The highest BCUT2D eigenvalue weighted by Gasteiger charge is 2.31. The van der Waals surface area contributed by atoms with Gasteiger partial charge in [0.05, 0.1) is 11.5 Å². The lowest BCUT2D eigenvalue weighted by Gasteiger charge is -2.02. The fraction of sp³-hybridized carbons (Fsp3) is 1.00. The Morgan fingerprint density at radius 2 is 2.00 bits per heavy atom. The van der Waals surface area contributed by atoms with Gasteiger partial charge in [0.1, 0.15) is 0 Å². The van der Waals surface area contributed by atoms with E-state index in [0.29, 0.717) is 0 Å². The van der Waals surface area contributed by atoms with Crippen molar-refractivity contribution >= 4 is 9.84 Å². The first-order valence-corrected chi connectivity index (χ1v) is 4.79. The van der Waals surface area contributed by atoms with E-state index in [4.69, 9.17) is 5.73 Å². The maximum absolute atomic E-state index is 10.8. The van der Waals surface area contributed by atoms with Crippen molar-refractivity contribution in [1.82, 2.24) is 0 Å². The zero-order valence-corrected chi connectivity index (χ0v) is 6.19. The van der Waals surface area contributed by atoms with E-state index in [0.717, 1.165) is 0 Å². The molecular formula is C5H11NO2S. The Balaban J connectivity index is 2.77. The van der Waals surface area contributed by atoms with E-state index in [-0.39, 0.29) is 23.5 Å². The molecular weight excluding hydrogens is 138 g/mol. The molecule has 1 fully saturated rings. The smallest absolute Gasteiger partial charge is 0.152 e. The van der Waals surface area contributed by atoms with Gasteiger partial charge in [-0.15, -0.1) is 0 Å². The monoisotopic (exact) mass is 149 g/mol. The van der Waals surface area contributed by atoms with Crippen LogP contribution in [0, 0.1) is 5.92 Å². The maximum Gasteiger partial charge on any atom is 0.152 e. The second kappa shape index (κ2) is 1.95. The first-order chi connectivity index (χ1) is 4.01. The number of nitrogens with two attached hydrogens (primary N) is 1. The van der Waals surface area contributed by atoms with Crippen LogP contribution in [0.4, 0.5) is 0 Å². The van der Waals surface area contributed by atoms with Crippen LogP contribution in [0.3, 0.4) is 0 Å². The van der Waals surface area contributed by atoms with Gasteiger partial charge in [0.25, 0.3) is 0 Å². The summed E-state index contributed by atoms with van der Waals surface area (Å²) in [6.45, 7) is 1.87. The highest BCUT2D eigenvalue weighted by atomic mass is 32.2. The van der Waals surface area contributed by atoms with Crippen molar-refractivity contribution in [2.24, 2.45) is 11.7 Å². The molecule has 0 aromatic carbocycles. The number of hydrogen-bond acceptors (Lipinski definition) is 3. The fourth-order valence-electron chi connectivity index (χ4n) is 1.05. The molecule has 0 aliphatic carbocycles. The van der Waals surface area contributed by atoms with Crippen LogP contribution >= 0.6 is 0 Å². The molecule has 3 nitrogen and oxygen atoms in total. The topological polar surface area (TPSA) is 60.2 Å².